The van der Waals surface area contributed by atoms with E-state index in [1.165, 1.54) is 6.26 Å². The molecule has 0 atom stereocenters. The second-order valence-electron chi connectivity index (χ2n) is 4.91. The Morgan fingerprint density at radius 2 is 2.06 bits per heavy atom. The third kappa shape index (κ3) is 3.35. The lowest BCUT2D eigenvalue weighted by atomic mass is 10.2. The van der Waals surface area contributed by atoms with Crippen molar-refractivity contribution >= 4 is 15.5 Å². The summed E-state index contributed by atoms with van der Waals surface area (Å²) in [6.07, 6.45) is 2.86. The molecule has 102 valence electrons. The summed E-state index contributed by atoms with van der Waals surface area (Å²) in [6, 6.07) is 1.83. The monoisotopic (exact) mass is 272 g/mol. The number of anilines is 1. The lowest BCUT2D eigenvalue weighted by Gasteiger charge is -2.24. The Morgan fingerprint density at radius 1 is 1.44 bits per heavy atom. The van der Waals surface area contributed by atoms with E-state index in [0.29, 0.717) is 12.3 Å². The number of sulfone groups is 1. The number of pyridine rings is 1. The first-order chi connectivity index (χ1) is 8.17. The van der Waals surface area contributed by atoms with Crippen LogP contribution in [0.5, 0.6) is 5.75 Å². The Hall–Kier alpha value is -1.30. The van der Waals surface area contributed by atoms with Gasteiger partial charge in [0.1, 0.15) is 0 Å². The highest BCUT2D eigenvalue weighted by Crippen LogP contribution is 2.25. The van der Waals surface area contributed by atoms with Crippen LogP contribution >= 0.6 is 0 Å². The topological polar surface area (TPSA) is 68.3 Å². The molecule has 0 spiro atoms. The lowest BCUT2D eigenvalue weighted by Crippen LogP contribution is -2.38. The van der Waals surface area contributed by atoms with Gasteiger partial charge in [-0.15, -0.1) is 0 Å². The Labute approximate surface area is 108 Å². The van der Waals surface area contributed by atoms with Gasteiger partial charge in [-0.3, -0.25) is 4.98 Å². The number of rotatable bonds is 5. The number of aromatic nitrogens is 1. The minimum Gasteiger partial charge on any atom is -0.493 e. The first-order valence-corrected chi connectivity index (χ1v) is 7.50. The number of hydrogen-bond donors (Lipinski definition) is 1. The van der Waals surface area contributed by atoms with Gasteiger partial charge in [-0.1, -0.05) is 0 Å². The van der Waals surface area contributed by atoms with E-state index >= 15 is 0 Å². The van der Waals surface area contributed by atoms with E-state index < -0.39 is 14.6 Å². The second-order valence-corrected chi connectivity index (χ2v) is 7.56. The summed E-state index contributed by atoms with van der Waals surface area (Å²) >= 11 is 0. The maximum atomic E-state index is 11.6. The predicted octanol–water partition coefficient (Wildman–Crippen LogP) is 1.63. The molecular weight excluding hydrogens is 252 g/mol. The van der Waals surface area contributed by atoms with Crippen molar-refractivity contribution in [3.8, 4) is 5.75 Å². The van der Waals surface area contributed by atoms with Crippen LogP contribution in [0, 0.1) is 6.92 Å². The molecule has 0 bridgehead atoms. The highest BCUT2D eigenvalue weighted by atomic mass is 32.2. The van der Waals surface area contributed by atoms with E-state index in [1.54, 1.807) is 27.2 Å². The van der Waals surface area contributed by atoms with Crippen molar-refractivity contribution in [3.05, 3.63) is 18.0 Å². The summed E-state index contributed by atoms with van der Waals surface area (Å²) in [4.78, 5) is 4.12. The smallest absolute Gasteiger partial charge is 0.160 e. The molecular formula is C12H20N2O3S. The van der Waals surface area contributed by atoms with Crippen molar-refractivity contribution in [2.45, 2.75) is 25.5 Å². The molecule has 0 fully saturated rings. The van der Waals surface area contributed by atoms with E-state index in [-0.39, 0.29) is 0 Å². The number of nitrogens with zero attached hydrogens (tertiary/aromatic N) is 1. The van der Waals surface area contributed by atoms with Crippen molar-refractivity contribution in [1.29, 1.82) is 0 Å². The number of methoxy groups -OCH3 is 1. The molecule has 0 radical (unpaired) electrons. The average Bonchev–Trinajstić information content (AvgIpc) is 2.25. The highest BCUT2D eigenvalue weighted by Gasteiger charge is 2.30. The normalized spacial score (nSPS) is 12.3. The fourth-order valence-corrected chi connectivity index (χ4v) is 1.62. The van der Waals surface area contributed by atoms with Gasteiger partial charge in [0.15, 0.2) is 15.6 Å². The molecule has 1 rings (SSSR count). The number of aryl methyl sites for hydroxylation is 1. The van der Waals surface area contributed by atoms with Gasteiger partial charge >= 0.3 is 0 Å². The van der Waals surface area contributed by atoms with Crippen LogP contribution in [0.3, 0.4) is 0 Å². The van der Waals surface area contributed by atoms with Crippen LogP contribution in [0.4, 0.5) is 5.69 Å². The van der Waals surface area contributed by atoms with Crippen molar-refractivity contribution in [2.75, 3.05) is 25.2 Å². The summed E-state index contributed by atoms with van der Waals surface area (Å²) in [7, 11) is -1.57. The van der Waals surface area contributed by atoms with Crippen LogP contribution in [0.15, 0.2) is 12.3 Å². The van der Waals surface area contributed by atoms with Gasteiger partial charge in [0.05, 0.1) is 23.7 Å². The van der Waals surface area contributed by atoms with E-state index in [9.17, 15) is 8.42 Å². The molecule has 0 amide bonds. The molecule has 0 saturated carbocycles. The molecule has 0 aliphatic rings. The summed E-state index contributed by atoms with van der Waals surface area (Å²) < 4.78 is 27.6. The third-order valence-corrected chi connectivity index (χ3v) is 5.08. The molecule has 0 aromatic carbocycles. The molecule has 0 aliphatic heterocycles. The third-order valence-electron chi connectivity index (χ3n) is 2.93. The van der Waals surface area contributed by atoms with Gasteiger partial charge < -0.3 is 10.1 Å². The summed E-state index contributed by atoms with van der Waals surface area (Å²) in [5, 5.41) is 3.11. The zero-order valence-electron chi connectivity index (χ0n) is 11.4. The van der Waals surface area contributed by atoms with Crippen LogP contribution in [-0.2, 0) is 9.84 Å². The van der Waals surface area contributed by atoms with Gasteiger partial charge in [-0.2, -0.15) is 0 Å². The van der Waals surface area contributed by atoms with Gasteiger partial charge in [-0.25, -0.2) is 8.42 Å². The number of hydrogen-bond acceptors (Lipinski definition) is 5. The lowest BCUT2D eigenvalue weighted by molar-refractivity contribution is 0.414. The molecule has 6 heteroatoms. The SMILES string of the molecule is COc1cnc(C)cc1NCC(C)(C)S(C)(=O)=O. The fourth-order valence-electron chi connectivity index (χ4n) is 1.29. The number of nitrogens with one attached hydrogen (secondary N) is 1. The molecule has 1 N–H and O–H groups in total. The maximum absolute atomic E-state index is 11.6. The van der Waals surface area contributed by atoms with Crippen LogP contribution in [0.1, 0.15) is 19.5 Å². The minimum atomic E-state index is -3.12. The average molecular weight is 272 g/mol. The zero-order valence-corrected chi connectivity index (χ0v) is 12.3. The van der Waals surface area contributed by atoms with E-state index in [4.69, 9.17) is 4.74 Å². The fraction of sp³-hybridized carbons (Fsp3) is 0.583. The summed E-state index contributed by atoms with van der Waals surface area (Å²) in [5.41, 5.74) is 1.59. The minimum absolute atomic E-state index is 0.311. The summed E-state index contributed by atoms with van der Waals surface area (Å²) in [5.74, 6) is 0.602. The van der Waals surface area contributed by atoms with Crippen LogP contribution in [-0.4, -0.2) is 38.1 Å². The first kappa shape index (κ1) is 14.8. The van der Waals surface area contributed by atoms with Crippen molar-refractivity contribution < 1.29 is 13.2 Å². The van der Waals surface area contributed by atoms with Crippen molar-refractivity contribution in [2.24, 2.45) is 0 Å². The summed E-state index contributed by atoms with van der Waals surface area (Å²) in [6.45, 7) is 5.56. The Balaban J connectivity index is 2.90. The van der Waals surface area contributed by atoms with Crippen molar-refractivity contribution in [3.63, 3.8) is 0 Å². The molecule has 0 unspecified atom stereocenters. The van der Waals surface area contributed by atoms with Crippen LogP contribution in [0.2, 0.25) is 0 Å². The first-order valence-electron chi connectivity index (χ1n) is 5.61. The quantitative estimate of drug-likeness (QED) is 0.882. The van der Waals surface area contributed by atoms with Crippen LogP contribution < -0.4 is 10.1 Å². The van der Waals surface area contributed by atoms with E-state index in [1.807, 2.05) is 13.0 Å². The zero-order chi connectivity index (χ0) is 14.0. The van der Waals surface area contributed by atoms with Crippen LogP contribution in [0.25, 0.3) is 0 Å². The van der Waals surface area contributed by atoms with E-state index in [2.05, 4.69) is 10.3 Å². The molecule has 1 aromatic heterocycles. The molecule has 1 heterocycles. The van der Waals surface area contributed by atoms with Gasteiger partial charge in [-0.05, 0) is 26.8 Å². The van der Waals surface area contributed by atoms with Gasteiger partial charge in [0, 0.05) is 18.5 Å². The largest absolute Gasteiger partial charge is 0.493 e. The molecule has 0 saturated heterocycles. The number of ether oxygens (including phenoxy) is 1. The Kier molecular flexibility index (Phi) is 4.21. The molecule has 18 heavy (non-hydrogen) atoms. The maximum Gasteiger partial charge on any atom is 0.160 e. The molecule has 0 aliphatic carbocycles. The Bertz CT molecular complexity index is 524. The highest BCUT2D eigenvalue weighted by molar-refractivity contribution is 7.92. The van der Waals surface area contributed by atoms with Gasteiger partial charge in [0.25, 0.3) is 0 Å². The van der Waals surface area contributed by atoms with Gasteiger partial charge in [0.2, 0.25) is 0 Å². The molecule has 5 nitrogen and oxygen atoms in total. The Morgan fingerprint density at radius 3 is 2.56 bits per heavy atom. The standard InChI is InChI=1S/C12H20N2O3S/c1-9-6-10(11(17-4)7-13-9)14-8-12(2,3)18(5,15)16/h6-7H,8H2,1-5H3,(H,13,14). The van der Waals surface area contributed by atoms with Crippen molar-refractivity contribution in [1.82, 2.24) is 4.98 Å². The molecule has 1 aromatic rings. The van der Waals surface area contributed by atoms with E-state index in [0.717, 1.165) is 11.4 Å². The second kappa shape index (κ2) is 5.14. The predicted molar refractivity (Wildman–Crippen MR) is 72.9 cm³/mol.